The van der Waals surface area contributed by atoms with Gasteiger partial charge in [-0.1, -0.05) is 85.5 Å². The van der Waals surface area contributed by atoms with Gasteiger partial charge in [-0.3, -0.25) is 10.1 Å². The summed E-state index contributed by atoms with van der Waals surface area (Å²) >= 11 is 0. The highest BCUT2D eigenvalue weighted by molar-refractivity contribution is 5.87. The molecule has 0 spiro atoms. The zero-order chi connectivity index (χ0) is 45.4. The zero-order valence-corrected chi connectivity index (χ0v) is 38.1. The first kappa shape index (κ1) is 50.7. The Bertz CT molecular complexity index is 1860. The minimum atomic E-state index is -0.718. The molecule has 0 bridgehead atoms. The molecule has 0 heterocycles. The van der Waals surface area contributed by atoms with Crippen LogP contribution in [0.4, 0.5) is 22.7 Å². The Morgan fingerprint density at radius 2 is 1.44 bits per heavy atom. The Morgan fingerprint density at radius 3 is 1.94 bits per heavy atom. The van der Waals surface area contributed by atoms with Gasteiger partial charge in [0, 0.05) is 46.0 Å². The summed E-state index contributed by atoms with van der Waals surface area (Å²) in [5, 5.41) is 27.6. The molecule has 0 saturated heterocycles. The lowest BCUT2D eigenvalue weighted by Crippen LogP contribution is -2.32. The monoisotopic (exact) mass is 859 g/mol. The third-order valence-corrected chi connectivity index (χ3v) is 10.7. The van der Waals surface area contributed by atoms with Crippen LogP contribution in [0.3, 0.4) is 0 Å². The van der Waals surface area contributed by atoms with E-state index < -0.39 is 18.0 Å². The maximum absolute atomic E-state index is 12.1. The molecule has 3 unspecified atom stereocenters. The van der Waals surface area contributed by atoms with Crippen LogP contribution >= 0.6 is 0 Å². The molecule has 0 amide bonds. The van der Waals surface area contributed by atoms with E-state index in [1.807, 2.05) is 48.2 Å². The molecule has 62 heavy (non-hydrogen) atoms. The second-order valence-electron chi connectivity index (χ2n) is 15.9. The minimum Gasteiger partial charge on any atom is -0.491 e. The second-order valence-corrected chi connectivity index (χ2v) is 15.9. The number of hydrogen-bond donors (Lipinski definition) is 2. The van der Waals surface area contributed by atoms with Crippen molar-refractivity contribution in [1.29, 1.82) is 0 Å². The molecular weight excluding hydrogens is 789 g/mol. The number of nitro groups is 1. The predicted octanol–water partition coefficient (Wildman–Crippen LogP) is 11.1. The van der Waals surface area contributed by atoms with Crippen molar-refractivity contribution in [2.75, 3.05) is 56.4 Å². The highest BCUT2D eigenvalue weighted by atomic mass is 16.6. The molecule has 0 radical (unpaired) electrons. The number of benzene rings is 2. The van der Waals surface area contributed by atoms with Crippen molar-refractivity contribution in [2.24, 2.45) is 22.1 Å². The molecule has 340 valence electrons. The summed E-state index contributed by atoms with van der Waals surface area (Å²) in [4.78, 5) is 37.1. The van der Waals surface area contributed by atoms with E-state index in [1.165, 1.54) is 0 Å². The first-order valence-corrected chi connectivity index (χ1v) is 22.2. The standard InChI is InChI=1S/C48H70N6O8/c1-10-14-16-37(12-3)31-61-45-30-44(46(62-32-38(13-4)17-15-11-2)29-43(45)50-33-49-39-18-20-40(21-19-39)54(57)58)52-51-42-23-22-41(28-36(42)9)53(24-26-59-47(55)34(5)6)25-27-60-48(56)35(7)8/h18-20,22-23,28-30,37-38,40,49-50H,5,7,10-17,21,24-27,31-33H2,1-4,6,8-9H3. The van der Waals surface area contributed by atoms with E-state index in [4.69, 9.17) is 29.2 Å². The second kappa shape index (κ2) is 27.3. The molecule has 1 aliphatic rings. The molecule has 2 aromatic carbocycles. The maximum atomic E-state index is 12.1. The molecular formula is C48H70N6O8. The summed E-state index contributed by atoms with van der Waals surface area (Å²) in [5.41, 5.74) is 4.99. The highest BCUT2D eigenvalue weighted by Crippen LogP contribution is 2.40. The third-order valence-electron chi connectivity index (χ3n) is 10.7. The van der Waals surface area contributed by atoms with Crippen LogP contribution in [0.2, 0.25) is 0 Å². The predicted molar refractivity (Wildman–Crippen MR) is 247 cm³/mol. The van der Waals surface area contributed by atoms with Crippen LogP contribution < -0.4 is 25.0 Å². The van der Waals surface area contributed by atoms with Crippen molar-refractivity contribution in [1.82, 2.24) is 5.32 Å². The summed E-state index contributed by atoms with van der Waals surface area (Å²) in [6, 6.07) is 8.84. The average molecular weight is 859 g/mol. The first-order valence-electron chi connectivity index (χ1n) is 22.2. The number of aryl methyl sites for hydroxylation is 1. The van der Waals surface area contributed by atoms with Crippen LogP contribution in [0.1, 0.15) is 105 Å². The Kier molecular flexibility index (Phi) is 22.3. The van der Waals surface area contributed by atoms with Gasteiger partial charge in [0.05, 0.1) is 44.3 Å². The fourth-order valence-electron chi connectivity index (χ4n) is 6.52. The molecule has 1 aliphatic carbocycles. The Hall–Kier alpha value is -5.66. The molecule has 14 nitrogen and oxygen atoms in total. The highest BCUT2D eigenvalue weighted by Gasteiger charge is 2.20. The van der Waals surface area contributed by atoms with Gasteiger partial charge in [-0.2, -0.15) is 5.11 Å². The van der Waals surface area contributed by atoms with Gasteiger partial charge in [-0.15, -0.1) is 5.11 Å². The van der Waals surface area contributed by atoms with E-state index in [2.05, 4.69) is 51.5 Å². The Morgan fingerprint density at radius 1 is 0.855 bits per heavy atom. The van der Waals surface area contributed by atoms with Gasteiger partial charge in [0.1, 0.15) is 30.4 Å². The average Bonchev–Trinajstić information content (AvgIpc) is 3.26. The van der Waals surface area contributed by atoms with Crippen molar-refractivity contribution >= 4 is 34.7 Å². The summed E-state index contributed by atoms with van der Waals surface area (Å²) in [6.07, 6.45) is 14.1. The van der Waals surface area contributed by atoms with Gasteiger partial charge in [0.2, 0.25) is 6.04 Å². The van der Waals surface area contributed by atoms with Crippen molar-refractivity contribution in [3.05, 3.63) is 94.2 Å². The van der Waals surface area contributed by atoms with Crippen molar-refractivity contribution in [3.63, 3.8) is 0 Å². The summed E-state index contributed by atoms with van der Waals surface area (Å²) < 4.78 is 23.9. The van der Waals surface area contributed by atoms with Gasteiger partial charge in [0.15, 0.2) is 0 Å². The molecule has 0 aliphatic heterocycles. The lowest BCUT2D eigenvalue weighted by Gasteiger charge is -2.25. The van der Waals surface area contributed by atoms with Crippen molar-refractivity contribution in [3.8, 4) is 11.5 Å². The van der Waals surface area contributed by atoms with Crippen LogP contribution in [0.15, 0.2) is 88.8 Å². The van der Waals surface area contributed by atoms with E-state index in [-0.39, 0.29) is 18.1 Å². The fraction of sp³-hybridized carbons (Fsp3) is 0.542. The maximum Gasteiger partial charge on any atom is 0.333 e. The fourth-order valence-corrected chi connectivity index (χ4v) is 6.52. The van der Waals surface area contributed by atoms with Crippen LogP contribution in [0.25, 0.3) is 0 Å². The van der Waals surface area contributed by atoms with E-state index in [9.17, 15) is 19.7 Å². The van der Waals surface area contributed by atoms with E-state index >= 15 is 0 Å². The summed E-state index contributed by atoms with van der Waals surface area (Å²) in [6.45, 7) is 23.5. The number of rotatable bonds is 30. The number of carbonyl (C=O) groups excluding carboxylic acids is 2. The van der Waals surface area contributed by atoms with E-state index in [0.29, 0.717) is 85.2 Å². The molecule has 3 atom stereocenters. The number of anilines is 2. The number of nitrogens with zero attached hydrogens (tertiary/aromatic N) is 4. The minimum absolute atomic E-state index is 0.114. The van der Waals surface area contributed by atoms with Gasteiger partial charge in [-0.25, -0.2) is 9.59 Å². The Labute approximate surface area is 369 Å². The number of hydrogen-bond acceptors (Lipinski definition) is 13. The smallest absolute Gasteiger partial charge is 0.333 e. The molecule has 3 rings (SSSR count). The van der Waals surface area contributed by atoms with E-state index in [0.717, 1.165) is 74.0 Å². The molecule has 14 heteroatoms. The molecule has 0 saturated carbocycles. The van der Waals surface area contributed by atoms with Crippen LogP contribution in [0.5, 0.6) is 11.5 Å². The van der Waals surface area contributed by atoms with Gasteiger partial charge in [-0.05, 0) is 81.4 Å². The van der Waals surface area contributed by atoms with Crippen LogP contribution in [-0.2, 0) is 19.1 Å². The number of azo groups is 1. The zero-order valence-electron chi connectivity index (χ0n) is 38.1. The van der Waals surface area contributed by atoms with Crippen LogP contribution in [-0.4, -0.2) is 69.1 Å². The number of allylic oxidation sites excluding steroid dienone is 1. The number of ether oxygens (including phenoxy) is 4. The lowest BCUT2D eigenvalue weighted by atomic mass is 10.0. The Balaban J connectivity index is 1.98. The number of nitrogens with one attached hydrogen (secondary N) is 2. The topological polar surface area (TPSA) is 166 Å². The van der Waals surface area contributed by atoms with Gasteiger partial charge in [0.25, 0.3) is 0 Å². The SMILES string of the molecule is C=C(C)C(=O)OCCN(CCOC(=O)C(=C)C)c1ccc(N=Nc2cc(OCC(CC)CCCC)c(NCNC3=CCC([N+](=O)[O-])C=C3)cc2OCC(CC)CCCC)c(C)c1. The van der Waals surface area contributed by atoms with Crippen molar-refractivity contribution < 1.29 is 33.5 Å². The quantitative estimate of drug-likeness (QED) is 0.0192. The number of esters is 2. The molecule has 0 fully saturated rings. The van der Waals surface area contributed by atoms with Crippen molar-refractivity contribution in [2.45, 2.75) is 112 Å². The normalized spacial score (nSPS) is 14.4. The third kappa shape index (κ3) is 17.4. The lowest BCUT2D eigenvalue weighted by molar-refractivity contribution is -0.508. The molecule has 0 aromatic heterocycles. The summed E-state index contributed by atoms with van der Waals surface area (Å²) in [7, 11) is 0. The van der Waals surface area contributed by atoms with Gasteiger partial charge >= 0.3 is 11.9 Å². The number of unbranched alkanes of at least 4 members (excludes halogenated alkanes) is 2. The first-order chi connectivity index (χ1) is 29.8. The van der Waals surface area contributed by atoms with E-state index in [1.54, 1.807) is 26.0 Å². The largest absolute Gasteiger partial charge is 0.491 e. The van der Waals surface area contributed by atoms with Gasteiger partial charge < -0.3 is 34.5 Å². The van der Waals surface area contributed by atoms with Crippen LogP contribution in [0, 0.1) is 28.9 Å². The summed E-state index contributed by atoms with van der Waals surface area (Å²) in [5.74, 6) is 0.994. The molecule has 2 aromatic rings. The molecule has 2 N–H and O–H groups in total. The number of carbonyl (C=O) groups is 2.